The van der Waals surface area contributed by atoms with Crippen LogP contribution in [-0.4, -0.2) is 53.8 Å². The second-order valence-corrected chi connectivity index (χ2v) is 10.0. The highest BCUT2D eigenvalue weighted by Gasteiger charge is 2.26. The summed E-state index contributed by atoms with van der Waals surface area (Å²) in [5.74, 6) is 1.71. The van der Waals surface area contributed by atoms with E-state index in [-0.39, 0.29) is 17.6 Å². The number of aryl methyl sites for hydroxylation is 2. The van der Waals surface area contributed by atoms with Gasteiger partial charge < -0.3 is 25.5 Å². The molecular formula is C30H30FN9O. The van der Waals surface area contributed by atoms with E-state index in [1.165, 1.54) is 12.4 Å². The molecule has 10 nitrogen and oxygen atoms in total. The smallest absolute Gasteiger partial charge is 0.245 e. The van der Waals surface area contributed by atoms with Crippen molar-refractivity contribution in [1.29, 1.82) is 0 Å². The number of hydrogen-bond donors (Lipinski definition) is 4. The normalized spacial score (nSPS) is 13.8. The van der Waals surface area contributed by atoms with Crippen molar-refractivity contribution < 1.29 is 9.18 Å². The Balaban J connectivity index is 1.14. The molecule has 6 rings (SSSR count). The van der Waals surface area contributed by atoms with Crippen LogP contribution in [0.15, 0.2) is 74.1 Å². The molecule has 5 heterocycles. The maximum Gasteiger partial charge on any atom is 0.245 e. The fourth-order valence-electron chi connectivity index (χ4n) is 5.33. The molecule has 0 saturated carbocycles. The van der Waals surface area contributed by atoms with Gasteiger partial charge in [0.1, 0.15) is 29.4 Å². The number of carbonyl (C=O) groups is 1. The monoisotopic (exact) mass is 551 g/mol. The van der Waals surface area contributed by atoms with Crippen LogP contribution < -0.4 is 10.6 Å². The number of anilines is 4. The zero-order valence-corrected chi connectivity index (χ0v) is 22.4. The standard InChI is InChI=1S/C30H30FN9O/c1-2-26(41)40-13-8-21(9-14-40)22-17-35-28-27(22)29(37-18-36-28)38-24-6-5-19(15-23(24)31)3-4-20-7-10-32-25(16-20)39-30-33-11-12-34-30/h2,5-7,10-12,15-18,21H,1,3-4,8-9,13-14H2,(H2,32,33,34,39)(H2,35,36,37,38). The number of halogens is 1. The summed E-state index contributed by atoms with van der Waals surface area (Å²) in [5.41, 5.74) is 4.09. The summed E-state index contributed by atoms with van der Waals surface area (Å²) in [5, 5.41) is 7.17. The first-order valence-corrected chi connectivity index (χ1v) is 13.6. The van der Waals surface area contributed by atoms with E-state index in [9.17, 15) is 4.79 Å². The van der Waals surface area contributed by atoms with E-state index in [1.54, 1.807) is 30.7 Å². The van der Waals surface area contributed by atoms with E-state index in [2.05, 4.69) is 47.1 Å². The van der Waals surface area contributed by atoms with Gasteiger partial charge >= 0.3 is 0 Å². The largest absolute Gasteiger partial charge is 0.346 e. The lowest BCUT2D eigenvalue weighted by Crippen LogP contribution is -2.36. The van der Waals surface area contributed by atoms with Crippen LogP contribution in [0, 0.1) is 5.82 Å². The second kappa shape index (κ2) is 11.6. The average molecular weight is 552 g/mol. The van der Waals surface area contributed by atoms with Crippen LogP contribution in [0.4, 0.5) is 27.7 Å². The molecule has 0 aliphatic carbocycles. The minimum atomic E-state index is -0.350. The van der Waals surface area contributed by atoms with E-state index in [0.717, 1.165) is 41.3 Å². The van der Waals surface area contributed by atoms with Gasteiger partial charge in [0.05, 0.1) is 11.1 Å². The van der Waals surface area contributed by atoms with Gasteiger partial charge in [-0.05, 0) is 78.6 Å². The maximum absolute atomic E-state index is 15.3. The van der Waals surface area contributed by atoms with Gasteiger partial charge in [-0.2, -0.15) is 0 Å². The summed E-state index contributed by atoms with van der Waals surface area (Å²) in [6.07, 6.45) is 13.0. The highest BCUT2D eigenvalue weighted by molar-refractivity contribution is 5.92. The first-order chi connectivity index (χ1) is 20.1. The van der Waals surface area contributed by atoms with Crippen molar-refractivity contribution in [1.82, 2.24) is 34.8 Å². The van der Waals surface area contributed by atoms with Gasteiger partial charge in [-0.25, -0.2) is 24.3 Å². The SMILES string of the molecule is C=CC(=O)N1CCC(c2c[nH]c3ncnc(Nc4ccc(CCc5ccnc(Nc6ncc[nH]6)c5)cc4F)c23)CC1. The third-order valence-corrected chi connectivity index (χ3v) is 7.48. The third-order valence-electron chi connectivity index (χ3n) is 7.48. The number of aromatic amines is 2. The van der Waals surface area contributed by atoms with E-state index in [4.69, 9.17) is 0 Å². The molecule has 0 bridgehead atoms. The molecule has 11 heteroatoms. The van der Waals surface area contributed by atoms with Crippen molar-refractivity contribution in [3.05, 3.63) is 96.6 Å². The predicted octanol–water partition coefficient (Wildman–Crippen LogP) is 5.38. The molecule has 0 atom stereocenters. The summed E-state index contributed by atoms with van der Waals surface area (Å²) in [7, 11) is 0. The van der Waals surface area contributed by atoms with Crippen LogP contribution in [0.1, 0.15) is 35.4 Å². The Kier molecular flexibility index (Phi) is 7.40. The van der Waals surface area contributed by atoms with Crippen molar-refractivity contribution in [2.24, 2.45) is 0 Å². The molecule has 1 saturated heterocycles. The van der Waals surface area contributed by atoms with Crippen LogP contribution >= 0.6 is 0 Å². The van der Waals surface area contributed by atoms with Crippen LogP contribution in [0.25, 0.3) is 11.0 Å². The number of benzene rings is 1. The molecule has 208 valence electrons. The number of fused-ring (bicyclic) bond motifs is 1. The van der Waals surface area contributed by atoms with Crippen molar-refractivity contribution >= 4 is 40.2 Å². The van der Waals surface area contributed by atoms with Crippen LogP contribution in [0.3, 0.4) is 0 Å². The van der Waals surface area contributed by atoms with E-state index in [1.807, 2.05) is 29.3 Å². The Labute approximate surface area is 236 Å². The van der Waals surface area contributed by atoms with Crippen molar-refractivity contribution in [3.8, 4) is 0 Å². The van der Waals surface area contributed by atoms with Crippen molar-refractivity contribution in [3.63, 3.8) is 0 Å². The Morgan fingerprint density at radius 2 is 1.85 bits per heavy atom. The van der Waals surface area contributed by atoms with Gasteiger partial charge in [0.2, 0.25) is 11.9 Å². The van der Waals surface area contributed by atoms with Gasteiger partial charge in [0.25, 0.3) is 0 Å². The van der Waals surface area contributed by atoms with E-state index >= 15 is 4.39 Å². The Morgan fingerprint density at radius 3 is 2.61 bits per heavy atom. The molecule has 1 aliphatic rings. The van der Waals surface area contributed by atoms with Gasteiger partial charge in [0.15, 0.2) is 0 Å². The number of carbonyl (C=O) groups excluding carboxylic acids is 1. The minimum absolute atomic E-state index is 0.0420. The van der Waals surface area contributed by atoms with E-state index < -0.39 is 0 Å². The molecule has 1 amide bonds. The van der Waals surface area contributed by atoms with Crippen LogP contribution in [-0.2, 0) is 17.6 Å². The number of nitrogens with zero attached hydrogens (tertiary/aromatic N) is 5. The van der Waals surface area contributed by atoms with Gasteiger partial charge in [0, 0.05) is 37.9 Å². The number of hydrogen-bond acceptors (Lipinski definition) is 7. The number of nitrogens with one attached hydrogen (secondary N) is 4. The number of aromatic nitrogens is 6. The summed E-state index contributed by atoms with van der Waals surface area (Å²) >= 11 is 0. The highest BCUT2D eigenvalue weighted by atomic mass is 19.1. The number of piperidine rings is 1. The minimum Gasteiger partial charge on any atom is -0.346 e. The van der Waals surface area contributed by atoms with E-state index in [0.29, 0.717) is 48.4 Å². The first-order valence-electron chi connectivity index (χ1n) is 13.6. The van der Waals surface area contributed by atoms with Crippen molar-refractivity contribution in [2.75, 3.05) is 23.7 Å². The highest BCUT2D eigenvalue weighted by Crippen LogP contribution is 2.36. The molecule has 4 aromatic heterocycles. The molecule has 41 heavy (non-hydrogen) atoms. The summed E-state index contributed by atoms with van der Waals surface area (Å²) in [6, 6.07) is 9.16. The summed E-state index contributed by atoms with van der Waals surface area (Å²) in [6.45, 7) is 4.91. The molecule has 1 aromatic carbocycles. The number of imidazole rings is 1. The molecule has 4 N–H and O–H groups in total. The zero-order chi connectivity index (χ0) is 28.2. The Hall–Kier alpha value is -5.06. The summed E-state index contributed by atoms with van der Waals surface area (Å²) < 4.78 is 15.3. The first kappa shape index (κ1) is 26.2. The van der Waals surface area contributed by atoms with Gasteiger partial charge in [-0.3, -0.25) is 4.79 Å². The second-order valence-electron chi connectivity index (χ2n) is 10.0. The lowest BCUT2D eigenvalue weighted by molar-refractivity contribution is -0.127. The quantitative estimate of drug-likeness (QED) is 0.181. The molecule has 1 fully saturated rings. The number of H-pyrrole nitrogens is 2. The fraction of sp³-hybridized carbons (Fsp3) is 0.233. The average Bonchev–Trinajstić information content (AvgIpc) is 3.68. The fourth-order valence-corrected chi connectivity index (χ4v) is 5.33. The molecule has 0 radical (unpaired) electrons. The zero-order valence-electron chi connectivity index (χ0n) is 22.4. The maximum atomic E-state index is 15.3. The number of pyridine rings is 1. The lowest BCUT2D eigenvalue weighted by Gasteiger charge is -2.31. The van der Waals surface area contributed by atoms with Crippen LogP contribution in [0.2, 0.25) is 0 Å². The Bertz CT molecular complexity index is 1670. The molecule has 0 spiro atoms. The van der Waals surface area contributed by atoms with Gasteiger partial charge in [-0.1, -0.05) is 12.6 Å². The number of amides is 1. The van der Waals surface area contributed by atoms with Crippen LogP contribution in [0.5, 0.6) is 0 Å². The van der Waals surface area contributed by atoms with Crippen molar-refractivity contribution in [2.45, 2.75) is 31.6 Å². The lowest BCUT2D eigenvalue weighted by atomic mass is 9.89. The van der Waals surface area contributed by atoms with Gasteiger partial charge in [-0.15, -0.1) is 0 Å². The molecule has 0 unspecified atom stereocenters. The third kappa shape index (κ3) is 5.79. The molecule has 5 aromatic rings. The topological polar surface area (TPSA) is 128 Å². The number of rotatable bonds is 9. The molecule has 1 aliphatic heterocycles. The summed E-state index contributed by atoms with van der Waals surface area (Å²) in [4.78, 5) is 37.4. The predicted molar refractivity (Wildman–Crippen MR) is 156 cm³/mol. The Morgan fingerprint density at radius 1 is 1.02 bits per heavy atom. The molecular weight excluding hydrogens is 521 g/mol. The number of likely N-dealkylation sites (tertiary alicyclic amines) is 1.